The van der Waals surface area contributed by atoms with Crippen LogP contribution in [0.4, 0.5) is 5.82 Å². The molecule has 0 bridgehead atoms. The first-order valence-electron chi connectivity index (χ1n) is 13.2. The summed E-state index contributed by atoms with van der Waals surface area (Å²) in [6, 6.07) is 10.4. The lowest BCUT2D eigenvalue weighted by Crippen LogP contribution is -2.46. The van der Waals surface area contributed by atoms with Crippen LogP contribution in [-0.4, -0.2) is 63.3 Å². The van der Waals surface area contributed by atoms with E-state index >= 15 is 0 Å². The van der Waals surface area contributed by atoms with Crippen molar-refractivity contribution >= 4 is 20.3 Å². The number of para-hydroxylation sites is 1. The number of aromatic nitrogens is 2. The first-order valence-corrected chi connectivity index (χ1v) is 14.4. The van der Waals surface area contributed by atoms with E-state index in [2.05, 4.69) is 10.1 Å². The highest BCUT2D eigenvalue weighted by Gasteiger charge is 2.53. The molecule has 4 rings (SSSR count). The van der Waals surface area contributed by atoms with Crippen LogP contribution in [0.2, 0.25) is 0 Å². The van der Waals surface area contributed by atoms with E-state index in [0.717, 1.165) is 43.1 Å². The number of carbonyl (C=O) groups excluding carboxylic acids is 1. The summed E-state index contributed by atoms with van der Waals surface area (Å²) in [5, 5.41) is 24.9. The van der Waals surface area contributed by atoms with E-state index in [0.29, 0.717) is 5.75 Å². The first-order chi connectivity index (χ1) is 18.8. The van der Waals surface area contributed by atoms with Crippen molar-refractivity contribution < 1.29 is 33.5 Å². The SMILES string of the molecule is C[C@@]1(O)[C@H](O)[C@@H](COP(NCCOC(=O)C2CCCCCC2)Oc2ccccc2)O[C@H]1n1ccc(N)nc1=O. The number of hydrogen-bond acceptors (Lipinski definition) is 11. The van der Waals surface area contributed by atoms with Crippen molar-refractivity contribution in [1.29, 1.82) is 0 Å². The minimum Gasteiger partial charge on any atom is -0.464 e. The van der Waals surface area contributed by atoms with Gasteiger partial charge in [0, 0.05) is 12.7 Å². The second kappa shape index (κ2) is 13.6. The fourth-order valence-electron chi connectivity index (χ4n) is 4.73. The number of carbonyl (C=O) groups is 1. The maximum Gasteiger partial charge on any atom is 0.351 e. The zero-order chi connectivity index (χ0) is 27.8. The van der Waals surface area contributed by atoms with Gasteiger partial charge in [0.25, 0.3) is 0 Å². The average molecular weight is 565 g/mol. The molecule has 1 aromatic carbocycles. The Kier molecular flexibility index (Phi) is 10.3. The fraction of sp³-hybridized carbons (Fsp3) is 0.577. The molecule has 0 radical (unpaired) electrons. The molecule has 2 aliphatic rings. The van der Waals surface area contributed by atoms with Gasteiger partial charge in [-0.3, -0.25) is 9.36 Å². The van der Waals surface area contributed by atoms with Crippen LogP contribution in [0.3, 0.4) is 0 Å². The zero-order valence-corrected chi connectivity index (χ0v) is 22.9. The minimum atomic E-state index is -1.81. The van der Waals surface area contributed by atoms with Gasteiger partial charge in [-0.05, 0) is 38.0 Å². The fourth-order valence-corrected chi connectivity index (χ4v) is 5.80. The van der Waals surface area contributed by atoms with Gasteiger partial charge in [-0.15, -0.1) is 0 Å². The molecule has 1 aliphatic carbocycles. The van der Waals surface area contributed by atoms with Crippen molar-refractivity contribution in [3.63, 3.8) is 0 Å². The molecule has 2 heterocycles. The van der Waals surface area contributed by atoms with E-state index in [4.69, 9.17) is 24.3 Å². The van der Waals surface area contributed by atoms with Crippen molar-refractivity contribution in [2.75, 3.05) is 25.5 Å². The van der Waals surface area contributed by atoms with Crippen molar-refractivity contribution in [3.8, 4) is 5.75 Å². The number of ether oxygens (including phenoxy) is 2. The Balaban J connectivity index is 1.34. The van der Waals surface area contributed by atoms with E-state index in [-0.39, 0.29) is 37.5 Å². The molecule has 5 N–H and O–H groups in total. The Morgan fingerprint density at radius 3 is 2.64 bits per heavy atom. The molecular formula is C26H37N4O8P. The molecular weight excluding hydrogens is 527 g/mol. The molecule has 13 heteroatoms. The van der Waals surface area contributed by atoms with Gasteiger partial charge >= 0.3 is 20.2 Å². The maximum atomic E-state index is 12.5. The van der Waals surface area contributed by atoms with Crippen LogP contribution in [-0.2, 0) is 18.8 Å². The largest absolute Gasteiger partial charge is 0.464 e. The Bertz CT molecular complexity index is 1130. The maximum absolute atomic E-state index is 12.5. The summed E-state index contributed by atoms with van der Waals surface area (Å²) in [5.74, 6) is 0.375. The van der Waals surface area contributed by atoms with Gasteiger partial charge in [-0.1, -0.05) is 43.9 Å². The van der Waals surface area contributed by atoms with Crippen LogP contribution in [0.5, 0.6) is 5.75 Å². The van der Waals surface area contributed by atoms with Gasteiger partial charge in [0.05, 0.1) is 12.5 Å². The zero-order valence-electron chi connectivity index (χ0n) is 22.0. The molecule has 2 aromatic rings. The highest BCUT2D eigenvalue weighted by molar-refractivity contribution is 7.45. The lowest BCUT2D eigenvalue weighted by Gasteiger charge is -2.27. The quantitative estimate of drug-likeness (QED) is 0.137. The number of nitrogens with one attached hydrogen (secondary N) is 1. The van der Waals surface area contributed by atoms with Gasteiger partial charge in [-0.2, -0.15) is 4.98 Å². The van der Waals surface area contributed by atoms with E-state index in [1.807, 2.05) is 18.2 Å². The van der Waals surface area contributed by atoms with Gasteiger partial charge < -0.3 is 34.5 Å². The number of hydrogen-bond donors (Lipinski definition) is 4. The Hall–Kier alpha value is -2.60. The lowest BCUT2D eigenvalue weighted by molar-refractivity contribution is -0.148. The van der Waals surface area contributed by atoms with Gasteiger partial charge in [0.15, 0.2) is 6.23 Å². The normalized spacial score (nSPS) is 26.6. The molecule has 1 unspecified atom stereocenters. The highest BCUT2D eigenvalue weighted by Crippen LogP contribution is 2.41. The number of benzene rings is 1. The minimum absolute atomic E-state index is 0.0315. The third-order valence-corrected chi connectivity index (χ3v) is 8.16. The van der Waals surface area contributed by atoms with E-state index < -0.39 is 38.3 Å². The molecule has 0 amide bonds. The van der Waals surface area contributed by atoms with Crippen LogP contribution in [0.15, 0.2) is 47.4 Å². The van der Waals surface area contributed by atoms with Crippen molar-refractivity contribution in [1.82, 2.24) is 14.6 Å². The predicted molar refractivity (Wildman–Crippen MR) is 144 cm³/mol. The summed E-state index contributed by atoms with van der Waals surface area (Å²) in [5.41, 5.74) is 3.03. The Morgan fingerprint density at radius 2 is 1.95 bits per heavy atom. The Labute approximate surface area is 228 Å². The summed E-state index contributed by atoms with van der Waals surface area (Å²) >= 11 is 0. The second-order valence-corrected chi connectivity index (χ2v) is 11.2. The molecule has 5 atom stereocenters. The van der Waals surface area contributed by atoms with Crippen LogP contribution < -0.4 is 21.0 Å². The number of aliphatic hydroxyl groups excluding tert-OH is 1. The second-order valence-electron chi connectivity index (χ2n) is 9.96. The smallest absolute Gasteiger partial charge is 0.351 e. The first kappa shape index (κ1) is 29.4. The summed E-state index contributed by atoms with van der Waals surface area (Å²) in [7, 11) is -1.74. The van der Waals surface area contributed by atoms with Gasteiger partial charge in [0.2, 0.25) is 0 Å². The van der Waals surface area contributed by atoms with Crippen molar-refractivity contribution in [2.45, 2.75) is 69.5 Å². The number of esters is 1. The molecule has 0 spiro atoms. The van der Waals surface area contributed by atoms with Crippen molar-refractivity contribution in [2.24, 2.45) is 5.92 Å². The van der Waals surface area contributed by atoms with E-state index in [1.54, 1.807) is 12.1 Å². The molecule has 214 valence electrons. The number of anilines is 1. The standard InChI is InChI=1S/C26H37N4O8P/c1-26(34)22(31)20(37-24(26)30-15-13-21(27)29-25(30)33)17-36-39(38-19-11-7-4-8-12-19)28-14-16-35-23(32)18-9-5-2-3-6-10-18/h4,7-8,11-13,15,18,20,22,24,28,31,34H,2-3,5-6,9-10,14,16-17H2,1H3,(H2,27,29,33)/t20-,22-,24-,26-,39?/m1/s1. The van der Waals surface area contributed by atoms with E-state index in [9.17, 15) is 19.8 Å². The van der Waals surface area contributed by atoms with Gasteiger partial charge in [-0.25, -0.2) is 9.88 Å². The molecule has 12 nitrogen and oxygen atoms in total. The highest BCUT2D eigenvalue weighted by atomic mass is 31.2. The number of nitrogens with zero attached hydrogens (tertiary/aromatic N) is 2. The lowest BCUT2D eigenvalue weighted by atomic mass is 9.96. The molecule has 39 heavy (non-hydrogen) atoms. The third-order valence-electron chi connectivity index (χ3n) is 6.92. The molecule has 1 saturated heterocycles. The monoisotopic (exact) mass is 564 g/mol. The molecule has 1 aromatic heterocycles. The number of nitrogen functional groups attached to an aromatic ring is 1. The summed E-state index contributed by atoms with van der Waals surface area (Å²) < 4.78 is 24.3. The van der Waals surface area contributed by atoms with Crippen LogP contribution >= 0.6 is 8.53 Å². The number of nitrogens with two attached hydrogens (primary N) is 1. The summed E-state index contributed by atoms with van der Waals surface area (Å²) in [6.45, 7) is 1.66. The van der Waals surface area contributed by atoms with E-state index in [1.165, 1.54) is 19.2 Å². The van der Waals surface area contributed by atoms with Crippen LogP contribution in [0.25, 0.3) is 0 Å². The molecule has 1 saturated carbocycles. The predicted octanol–water partition coefficient (Wildman–Crippen LogP) is 2.26. The van der Waals surface area contributed by atoms with Crippen LogP contribution in [0, 0.1) is 5.92 Å². The molecule has 1 aliphatic heterocycles. The topological polar surface area (TPSA) is 167 Å². The number of aliphatic hydroxyl groups is 2. The third kappa shape index (κ3) is 7.75. The van der Waals surface area contributed by atoms with Crippen LogP contribution in [0.1, 0.15) is 51.7 Å². The average Bonchev–Trinajstić information content (AvgIpc) is 3.09. The van der Waals surface area contributed by atoms with Crippen molar-refractivity contribution in [3.05, 3.63) is 53.1 Å². The Morgan fingerprint density at radius 1 is 1.23 bits per heavy atom. The summed E-state index contributed by atoms with van der Waals surface area (Å²) in [4.78, 5) is 28.4. The van der Waals surface area contributed by atoms with Gasteiger partial charge in [0.1, 0.15) is 36.0 Å². The molecule has 2 fully saturated rings. The summed E-state index contributed by atoms with van der Waals surface area (Å²) in [6.07, 6.45) is 3.94. The number of rotatable bonds is 11.